The second-order valence-electron chi connectivity index (χ2n) is 3.08. The third-order valence-corrected chi connectivity index (χ3v) is 1.63. The van der Waals surface area contributed by atoms with Crippen molar-refractivity contribution in [2.75, 3.05) is 26.7 Å². The van der Waals surface area contributed by atoms with Crippen LogP contribution in [0.15, 0.2) is 12.2 Å². The number of ketones is 1. The van der Waals surface area contributed by atoms with Crippen molar-refractivity contribution in [3.63, 3.8) is 0 Å². The van der Waals surface area contributed by atoms with Gasteiger partial charge in [-0.2, -0.15) is 0 Å². The fourth-order valence-electron chi connectivity index (χ4n) is 0.820. The summed E-state index contributed by atoms with van der Waals surface area (Å²) in [6.07, 6.45) is 0.931. The summed E-state index contributed by atoms with van der Waals surface area (Å²) in [7, 11) is 1.91. The number of hydrogen-bond acceptors (Lipinski definition) is 3. The Balaban J connectivity index is 3.61. The molecule has 0 rings (SSSR count). The van der Waals surface area contributed by atoms with Crippen molar-refractivity contribution in [2.45, 2.75) is 13.3 Å². The summed E-state index contributed by atoms with van der Waals surface area (Å²) in [5.74, 6) is 0.106. The van der Waals surface area contributed by atoms with Crippen molar-refractivity contribution >= 4 is 5.78 Å². The summed E-state index contributed by atoms with van der Waals surface area (Å²) >= 11 is 0. The SMILES string of the molecule is C=C(C)C(=O)CN(C)CCCN. The summed E-state index contributed by atoms with van der Waals surface area (Å²) < 4.78 is 0. The summed E-state index contributed by atoms with van der Waals surface area (Å²) in [5.41, 5.74) is 5.96. The van der Waals surface area contributed by atoms with Crippen LogP contribution in [0.25, 0.3) is 0 Å². The summed E-state index contributed by atoms with van der Waals surface area (Å²) in [4.78, 5) is 13.1. The molecule has 0 aromatic rings. The van der Waals surface area contributed by atoms with Crippen molar-refractivity contribution in [2.24, 2.45) is 5.73 Å². The molecule has 0 heterocycles. The fraction of sp³-hybridized carbons (Fsp3) is 0.667. The van der Waals surface area contributed by atoms with Gasteiger partial charge < -0.3 is 5.73 Å². The molecule has 0 fully saturated rings. The lowest BCUT2D eigenvalue weighted by atomic mass is 10.2. The number of rotatable bonds is 6. The third kappa shape index (κ3) is 5.04. The van der Waals surface area contributed by atoms with Gasteiger partial charge in [0.05, 0.1) is 6.54 Å². The van der Waals surface area contributed by atoms with Crippen LogP contribution >= 0.6 is 0 Å². The molecule has 3 nitrogen and oxygen atoms in total. The van der Waals surface area contributed by atoms with Gasteiger partial charge in [0.2, 0.25) is 0 Å². The van der Waals surface area contributed by atoms with E-state index in [1.165, 1.54) is 0 Å². The lowest BCUT2D eigenvalue weighted by Crippen LogP contribution is -2.28. The number of nitrogens with zero attached hydrogens (tertiary/aromatic N) is 1. The van der Waals surface area contributed by atoms with E-state index in [9.17, 15) is 4.79 Å². The highest BCUT2D eigenvalue weighted by atomic mass is 16.1. The van der Waals surface area contributed by atoms with Crippen LogP contribution < -0.4 is 5.73 Å². The maximum Gasteiger partial charge on any atom is 0.171 e. The van der Waals surface area contributed by atoms with E-state index < -0.39 is 0 Å². The molecular formula is C9H18N2O. The Kier molecular flexibility index (Phi) is 5.58. The highest BCUT2D eigenvalue weighted by Gasteiger charge is 2.05. The second-order valence-corrected chi connectivity index (χ2v) is 3.08. The van der Waals surface area contributed by atoms with Crippen LogP contribution in [0.4, 0.5) is 0 Å². The van der Waals surface area contributed by atoms with E-state index in [2.05, 4.69) is 6.58 Å². The van der Waals surface area contributed by atoms with Crippen LogP contribution in [0.5, 0.6) is 0 Å². The molecule has 0 spiro atoms. The molecule has 0 bridgehead atoms. The summed E-state index contributed by atoms with van der Waals surface area (Å²) in [6.45, 7) is 7.32. The van der Waals surface area contributed by atoms with E-state index in [1.807, 2.05) is 11.9 Å². The van der Waals surface area contributed by atoms with Gasteiger partial charge in [-0.3, -0.25) is 9.69 Å². The molecule has 0 aromatic carbocycles. The number of hydrogen-bond donors (Lipinski definition) is 1. The molecule has 70 valence electrons. The minimum Gasteiger partial charge on any atom is -0.330 e. The Morgan fingerprint density at radius 1 is 1.58 bits per heavy atom. The van der Waals surface area contributed by atoms with Crippen molar-refractivity contribution in [1.29, 1.82) is 0 Å². The van der Waals surface area contributed by atoms with E-state index in [0.29, 0.717) is 18.7 Å². The zero-order valence-corrected chi connectivity index (χ0v) is 7.97. The number of likely N-dealkylation sites (N-methyl/N-ethyl adjacent to an activating group) is 1. The molecule has 0 aliphatic heterocycles. The number of carbonyl (C=O) groups is 1. The molecule has 0 saturated carbocycles. The largest absolute Gasteiger partial charge is 0.330 e. The van der Waals surface area contributed by atoms with Gasteiger partial charge in [-0.25, -0.2) is 0 Å². The van der Waals surface area contributed by atoms with Crippen molar-refractivity contribution < 1.29 is 4.79 Å². The fourth-order valence-corrected chi connectivity index (χ4v) is 0.820. The summed E-state index contributed by atoms with van der Waals surface area (Å²) in [6, 6.07) is 0. The van der Waals surface area contributed by atoms with Gasteiger partial charge in [0.15, 0.2) is 5.78 Å². The zero-order valence-electron chi connectivity index (χ0n) is 7.97. The molecule has 0 unspecified atom stereocenters. The highest BCUT2D eigenvalue weighted by molar-refractivity contribution is 5.95. The maximum absolute atomic E-state index is 11.1. The van der Waals surface area contributed by atoms with Crippen LogP contribution in [0, 0.1) is 0 Å². The molecule has 0 aliphatic rings. The predicted molar refractivity (Wildman–Crippen MR) is 51.0 cm³/mol. The van der Waals surface area contributed by atoms with Crippen LogP contribution in [0.2, 0.25) is 0 Å². The molecule has 0 atom stereocenters. The van der Waals surface area contributed by atoms with Crippen molar-refractivity contribution in [3.8, 4) is 0 Å². The van der Waals surface area contributed by atoms with E-state index in [1.54, 1.807) is 6.92 Å². The first-order valence-electron chi connectivity index (χ1n) is 4.15. The first-order valence-corrected chi connectivity index (χ1v) is 4.15. The lowest BCUT2D eigenvalue weighted by Gasteiger charge is -2.14. The molecule has 0 radical (unpaired) electrons. The number of Topliss-reactive ketones (excluding diaryl/α,β-unsaturated/α-hetero) is 1. The highest BCUT2D eigenvalue weighted by Crippen LogP contribution is 1.93. The molecule has 0 aromatic heterocycles. The average Bonchev–Trinajstić information content (AvgIpc) is 2.00. The Labute approximate surface area is 74.2 Å². The number of carbonyl (C=O) groups excluding carboxylic acids is 1. The topological polar surface area (TPSA) is 46.3 Å². The molecule has 0 aliphatic carbocycles. The van der Waals surface area contributed by atoms with Gasteiger partial charge in [-0.15, -0.1) is 0 Å². The monoisotopic (exact) mass is 170 g/mol. The minimum atomic E-state index is 0.106. The Bertz CT molecular complexity index is 166. The maximum atomic E-state index is 11.1. The Hall–Kier alpha value is -0.670. The van der Waals surface area contributed by atoms with Gasteiger partial charge >= 0.3 is 0 Å². The molecule has 3 heteroatoms. The van der Waals surface area contributed by atoms with E-state index in [-0.39, 0.29) is 5.78 Å². The minimum absolute atomic E-state index is 0.106. The third-order valence-electron chi connectivity index (χ3n) is 1.63. The smallest absolute Gasteiger partial charge is 0.171 e. The van der Waals surface area contributed by atoms with Crippen LogP contribution in [-0.4, -0.2) is 37.4 Å². The van der Waals surface area contributed by atoms with Crippen LogP contribution in [0.1, 0.15) is 13.3 Å². The Morgan fingerprint density at radius 2 is 2.17 bits per heavy atom. The first kappa shape index (κ1) is 11.3. The standard InChI is InChI=1S/C9H18N2O/c1-8(2)9(12)7-11(3)6-4-5-10/h1,4-7,10H2,2-3H3. The van der Waals surface area contributed by atoms with Crippen molar-refractivity contribution in [1.82, 2.24) is 4.90 Å². The summed E-state index contributed by atoms with van der Waals surface area (Å²) in [5, 5.41) is 0. The average molecular weight is 170 g/mol. The van der Waals surface area contributed by atoms with Gasteiger partial charge in [0.25, 0.3) is 0 Å². The van der Waals surface area contributed by atoms with Gasteiger partial charge in [-0.1, -0.05) is 6.58 Å². The molecular weight excluding hydrogens is 152 g/mol. The molecule has 0 amide bonds. The zero-order chi connectivity index (χ0) is 9.56. The molecule has 0 saturated heterocycles. The molecule has 12 heavy (non-hydrogen) atoms. The van der Waals surface area contributed by atoms with Gasteiger partial charge in [0, 0.05) is 0 Å². The van der Waals surface area contributed by atoms with Crippen molar-refractivity contribution in [3.05, 3.63) is 12.2 Å². The normalized spacial score (nSPS) is 10.3. The predicted octanol–water partition coefficient (Wildman–Crippen LogP) is 0.412. The lowest BCUT2D eigenvalue weighted by molar-refractivity contribution is -0.116. The Morgan fingerprint density at radius 3 is 2.58 bits per heavy atom. The quantitative estimate of drug-likeness (QED) is 0.587. The number of nitrogens with two attached hydrogens (primary N) is 1. The first-order chi connectivity index (χ1) is 5.57. The van der Waals surface area contributed by atoms with E-state index in [4.69, 9.17) is 5.73 Å². The molecule has 2 N–H and O–H groups in total. The van der Waals surface area contributed by atoms with Gasteiger partial charge in [-0.05, 0) is 39.1 Å². The van der Waals surface area contributed by atoms with Crippen LogP contribution in [-0.2, 0) is 4.79 Å². The second kappa shape index (κ2) is 5.91. The van der Waals surface area contributed by atoms with Crippen LogP contribution in [0.3, 0.4) is 0 Å². The van der Waals surface area contributed by atoms with E-state index in [0.717, 1.165) is 13.0 Å². The van der Waals surface area contributed by atoms with Gasteiger partial charge in [0.1, 0.15) is 0 Å². The van der Waals surface area contributed by atoms with E-state index >= 15 is 0 Å².